The Morgan fingerprint density at radius 1 is 1.45 bits per heavy atom. The Labute approximate surface area is 116 Å². The minimum Gasteiger partial charge on any atom is -0.490 e. The number of nitrogens with zero attached hydrogens (tertiary/aromatic N) is 1. The van der Waals surface area contributed by atoms with Gasteiger partial charge in [-0.1, -0.05) is 0 Å². The average molecular weight is 283 g/mol. The molecule has 0 radical (unpaired) electrons. The normalized spacial score (nSPS) is 19.2. The fourth-order valence-corrected chi connectivity index (χ4v) is 2.34. The molecule has 2 N–H and O–H groups in total. The summed E-state index contributed by atoms with van der Waals surface area (Å²) in [7, 11) is 1.33. The van der Waals surface area contributed by atoms with Crippen LogP contribution in [0.1, 0.15) is 19.3 Å². The van der Waals surface area contributed by atoms with Crippen molar-refractivity contribution in [3.63, 3.8) is 0 Å². The summed E-state index contributed by atoms with van der Waals surface area (Å²) in [5.41, 5.74) is -0.113. The summed E-state index contributed by atoms with van der Waals surface area (Å²) >= 11 is 0. The molecule has 1 aliphatic heterocycles. The molecule has 0 saturated carbocycles. The van der Waals surface area contributed by atoms with Crippen LogP contribution in [0.15, 0.2) is 12.1 Å². The lowest BCUT2D eigenvalue weighted by Gasteiger charge is -2.18. The van der Waals surface area contributed by atoms with Gasteiger partial charge in [-0.3, -0.25) is 10.1 Å². The molecule has 0 amide bonds. The molecule has 1 heterocycles. The molecule has 0 spiro atoms. The lowest BCUT2D eigenvalue weighted by molar-refractivity contribution is -0.385. The molecule has 1 aliphatic rings. The van der Waals surface area contributed by atoms with Crippen molar-refractivity contribution in [2.45, 2.75) is 25.3 Å². The molecule has 1 unspecified atom stereocenters. The van der Waals surface area contributed by atoms with Gasteiger partial charge in [0, 0.05) is 12.1 Å². The minimum atomic E-state index is -0.652. The first-order chi connectivity index (χ1) is 9.61. The molecule has 6 nitrogen and oxygen atoms in total. The van der Waals surface area contributed by atoms with Crippen molar-refractivity contribution < 1.29 is 14.1 Å². The van der Waals surface area contributed by atoms with Crippen molar-refractivity contribution in [3.8, 4) is 5.75 Å². The van der Waals surface area contributed by atoms with E-state index in [2.05, 4.69) is 10.6 Å². The van der Waals surface area contributed by atoms with Crippen LogP contribution in [0.5, 0.6) is 5.75 Å². The molecular weight excluding hydrogens is 265 g/mol. The smallest absolute Gasteiger partial charge is 0.313 e. The number of rotatable bonds is 4. The Bertz CT molecular complexity index is 488. The molecule has 0 aromatic heterocycles. The van der Waals surface area contributed by atoms with Gasteiger partial charge in [-0.05, 0) is 32.4 Å². The number of benzene rings is 1. The first-order valence-electron chi connectivity index (χ1n) is 6.61. The average Bonchev–Trinajstić information content (AvgIpc) is 2.69. The first kappa shape index (κ1) is 14.5. The van der Waals surface area contributed by atoms with Gasteiger partial charge in [-0.15, -0.1) is 0 Å². The summed E-state index contributed by atoms with van der Waals surface area (Å²) in [6.45, 7) is 1.84. The molecule has 20 heavy (non-hydrogen) atoms. The van der Waals surface area contributed by atoms with Crippen LogP contribution in [-0.4, -0.2) is 31.2 Å². The van der Waals surface area contributed by atoms with E-state index in [1.807, 2.05) is 0 Å². The van der Waals surface area contributed by atoms with Crippen molar-refractivity contribution in [2.75, 3.05) is 25.5 Å². The second-order valence-corrected chi connectivity index (χ2v) is 4.78. The molecule has 1 saturated heterocycles. The van der Waals surface area contributed by atoms with Gasteiger partial charge in [0.25, 0.3) is 0 Å². The monoisotopic (exact) mass is 283 g/mol. The van der Waals surface area contributed by atoms with Crippen molar-refractivity contribution in [3.05, 3.63) is 28.1 Å². The molecule has 0 bridgehead atoms. The van der Waals surface area contributed by atoms with E-state index < -0.39 is 10.7 Å². The van der Waals surface area contributed by atoms with Gasteiger partial charge in [-0.2, -0.15) is 0 Å². The van der Waals surface area contributed by atoms with Gasteiger partial charge in [0.1, 0.15) is 0 Å². The van der Waals surface area contributed by atoms with Gasteiger partial charge < -0.3 is 15.4 Å². The van der Waals surface area contributed by atoms with E-state index in [1.165, 1.54) is 13.2 Å². The minimum absolute atomic E-state index is 0.0608. The number of ether oxygens (including phenoxy) is 1. The molecule has 1 fully saturated rings. The highest BCUT2D eigenvalue weighted by Gasteiger charge is 2.21. The lowest BCUT2D eigenvalue weighted by Crippen LogP contribution is -2.22. The van der Waals surface area contributed by atoms with E-state index in [4.69, 9.17) is 4.74 Å². The van der Waals surface area contributed by atoms with Crippen LogP contribution in [0, 0.1) is 15.9 Å². The number of nitro groups is 1. The summed E-state index contributed by atoms with van der Waals surface area (Å²) in [5.74, 6) is -0.569. The van der Waals surface area contributed by atoms with Crippen LogP contribution >= 0.6 is 0 Å². The highest BCUT2D eigenvalue weighted by molar-refractivity contribution is 5.59. The maximum absolute atomic E-state index is 13.9. The highest BCUT2D eigenvalue weighted by Crippen LogP contribution is 2.33. The molecular formula is C13H18FN3O3. The number of methoxy groups -OCH3 is 1. The fourth-order valence-electron chi connectivity index (χ4n) is 2.34. The standard InChI is InChI=1S/C13H18FN3O3/c1-20-13-8-11(10(14)7-12(13)17(18)19)16-9-3-2-5-15-6-4-9/h7-9,15-16H,2-6H2,1H3. The Morgan fingerprint density at radius 3 is 2.95 bits per heavy atom. The summed E-state index contributed by atoms with van der Waals surface area (Å²) in [5, 5.41) is 17.2. The van der Waals surface area contributed by atoms with Crippen LogP contribution in [0.4, 0.5) is 15.8 Å². The Morgan fingerprint density at radius 2 is 2.25 bits per heavy atom. The van der Waals surface area contributed by atoms with Crippen LogP contribution in [-0.2, 0) is 0 Å². The van der Waals surface area contributed by atoms with Gasteiger partial charge >= 0.3 is 5.69 Å². The topological polar surface area (TPSA) is 76.4 Å². The van der Waals surface area contributed by atoms with Crippen LogP contribution in [0.3, 0.4) is 0 Å². The summed E-state index contributed by atoms with van der Waals surface area (Å²) in [6.07, 6.45) is 2.84. The van der Waals surface area contributed by atoms with E-state index in [0.29, 0.717) is 0 Å². The molecule has 1 aromatic carbocycles. The maximum atomic E-state index is 13.9. The van der Waals surface area contributed by atoms with Crippen LogP contribution in [0.25, 0.3) is 0 Å². The van der Waals surface area contributed by atoms with Gasteiger partial charge in [0.05, 0.1) is 23.8 Å². The van der Waals surface area contributed by atoms with Crippen molar-refractivity contribution >= 4 is 11.4 Å². The van der Waals surface area contributed by atoms with E-state index in [1.54, 1.807) is 0 Å². The van der Waals surface area contributed by atoms with E-state index in [0.717, 1.165) is 38.4 Å². The third-order valence-electron chi connectivity index (χ3n) is 3.40. The highest BCUT2D eigenvalue weighted by atomic mass is 19.1. The number of hydrogen-bond acceptors (Lipinski definition) is 5. The zero-order chi connectivity index (χ0) is 14.5. The largest absolute Gasteiger partial charge is 0.490 e. The maximum Gasteiger partial charge on any atom is 0.313 e. The first-order valence-corrected chi connectivity index (χ1v) is 6.61. The van der Waals surface area contributed by atoms with Gasteiger partial charge in [0.15, 0.2) is 11.6 Å². The fraction of sp³-hybridized carbons (Fsp3) is 0.538. The summed E-state index contributed by atoms with van der Waals surface area (Å²) in [6, 6.07) is 2.41. The predicted molar refractivity (Wildman–Crippen MR) is 73.7 cm³/mol. The quantitative estimate of drug-likeness (QED) is 0.655. The molecule has 110 valence electrons. The number of anilines is 1. The second-order valence-electron chi connectivity index (χ2n) is 4.78. The number of nitrogens with one attached hydrogen (secondary N) is 2. The summed E-state index contributed by atoms with van der Waals surface area (Å²) in [4.78, 5) is 10.2. The third kappa shape index (κ3) is 3.36. The zero-order valence-corrected chi connectivity index (χ0v) is 11.3. The number of nitro benzene ring substituents is 1. The van der Waals surface area contributed by atoms with E-state index in [-0.39, 0.29) is 23.2 Å². The van der Waals surface area contributed by atoms with Crippen molar-refractivity contribution in [1.29, 1.82) is 0 Å². The van der Waals surface area contributed by atoms with Gasteiger partial charge in [-0.25, -0.2) is 4.39 Å². The third-order valence-corrected chi connectivity index (χ3v) is 3.40. The van der Waals surface area contributed by atoms with E-state index >= 15 is 0 Å². The van der Waals surface area contributed by atoms with Crippen molar-refractivity contribution in [2.24, 2.45) is 0 Å². The summed E-state index contributed by atoms with van der Waals surface area (Å²) < 4.78 is 18.9. The Balaban J connectivity index is 2.20. The van der Waals surface area contributed by atoms with Gasteiger partial charge in [0.2, 0.25) is 0 Å². The molecule has 1 atom stereocenters. The van der Waals surface area contributed by atoms with Crippen LogP contribution in [0.2, 0.25) is 0 Å². The van der Waals surface area contributed by atoms with Crippen LogP contribution < -0.4 is 15.4 Å². The number of hydrogen-bond donors (Lipinski definition) is 2. The molecule has 2 rings (SSSR count). The second kappa shape index (κ2) is 6.51. The SMILES string of the molecule is COc1cc(NC2CCCNCC2)c(F)cc1[N+](=O)[O-]. The molecule has 0 aliphatic carbocycles. The predicted octanol–water partition coefficient (Wildman–Crippen LogP) is 2.30. The zero-order valence-electron chi connectivity index (χ0n) is 11.3. The Hall–Kier alpha value is -1.89. The Kier molecular flexibility index (Phi) is 4.73. The lowest BCUT2D eigenvalue weighted by atomic mass is 10.1. The number of halogens is 1. The van der Waals surface area contributed by atoms with Crippen molar-refractivity contribution in [1.82, 2.24) is 5.32 Å². The molecule has 7 heteroatoms. The van der Waals surface area contributed by atoms with E-state index in [9.17, 15) is 14.5 Å². The molecule has 1 aromatic rings.